The van der Waals surface area contributed by atoms with Gasteiger partial charge in [-0.05, 0) is 34.6 Å². The first-order valence-corrected chi connectivity index (χ1v) is 9.71. The Kier molecular flexibility index (Phi) is 7.58. The van der Waals surface area contributed by atoms with E-state index >= 15 is 0 Å². The zero-order chi connectivity index (χ0) is 20.5. The van der Waals surface area contributed by atoms with Gasteiger partial charge in [0.25, 0.3) is 0 Å². The van der Waals surface area contributed by atoms with Gasteiger partial charge in [0.15, 0.2) is 5.96 Å². The van der Waals surface area contributed by atoms with Crippen LogP contribution < -0.4 is 10.1 Å². The molecule has 1 amide bonds. The van der Waals surface area contributed by atoms with Crippen LogP contribution in [-0.4, -0.2) is 71.8 Å². The highest BCUT2D eigenvalue weighted by molar-refractivity contribution is 14.0. The molecule has 1 N–H and O–H groups in total. The third-order valence-electron chi connectivity index (χ3n) is 5.02. The number of aliphatic imine (C=N–C) groups is 1. The van der Waals surface area contributed by atoms with Gasteiger partial charge in [-0.3, -0.25) is 9.98 Å². The Morgan fingerprint density at radius 3 is 2.69 bits per heavy atom. The standard InChI is InChI=1S/C20H31N5O3.HI/c1-13-9-21-16(14(2)17(13)27-6)11-23-18-22-10-15-12-24(7-8-25(15)18)19(26)28-20(3,4)5;/h9,15H,7-8,10-12H2,1-6H3,(H,22,23);1H. The van der Waals surface area contributed by atoms with E-state index < -0.39 is 5.60 Å². The number of amides is 1. The number of fused-ring (bicyclic) bond motifs is 1. The van der Waals surface area contributed by atoms with E-state index in [0.717, 1.165) is 35.1 Å². The molecule has 9 heteroatoms. The normalized spacial score (nSPS) is 18.6. The Morgan fingerprint density at radius 2 is 2.03 bits per heavy atom. The first kappa shape index (κ1) is 23.5. The Hall–Kier alpha value is -1.78. The van der Waals surface area contributed by atoms with E-state index in [1.807, 2.05) is 40.8 Å². The van der Waals surface area contributed by atoms with Crippen molar-refractivity contribution in [3.05, 3.63) is 23.0 Å². The summed E-state index contributed by atoms with van der Waals surface area (Å²) in [6.45, 7) is 12.9. The van der Waals surface area contributed by atoms with Crippen LogP contribution in [0.4, 0.5) is 4.79 Å². The molecule has 1 unspecified atom stereocenters. The van der Waals surface area contributed by atoms with Crippen molar-refractivity contribution in [2.45, 2.75) is 52.8 Å². The number of carbonyl (C=O) groups is 1. The van der Waals surface area contributed by atoms with Crippen molar-refractivity contribution in [1.82, 2.24) is 20.1 Å². The highest BCUT2D eigenvalue weighted by atomic mass is 127. The van der Waals surface area contributed by atoms with Crippen LogP contribution in [-0.2, 0) is 11.3 Å². The van der Waals surface area contributed by atoms with E-state index in [-0.39, 0.29) is 36.1 Å². The number of pyridine rings is 1. The fourth-order valence-corrected chi connectivity index (χ4v) is 3.63. The second-order valence-corrected chi connectivity index (χ2v) is 8.34. The van der Waals surface area contributed by atoms with Crippen molar-refractivity contribution in [2.75, 3.05) is 33.3 Å². The van der Waals surface area contributed by atoms with Crippen molar-refractivity contribution in [3.8, 4) is 5.75 Å². The molecule has 162 valence electrons. The van der Waals surface area contributed by atoms with Crippen LogP contribution >= 0.6 is 24.0 Å². The molecule has 0 bridgehead atoms. The molecule has 0 aliphatic carbocycles. The van der Waals surface area contributed by atoms with Crippen LogP contribution in [0.5, 0.6) is 5.75 Å². The molecule has 2 aliphatic rings. The molecule has 0 spiro atoms. The summed E-state index contributed by atoms with van der Waals surface area (Å²) in [6, 6.07) is 0.186. The van der Waals surface area contributed by atoms with E-state index in [1.54, 1.807) is 12.0 Å². The number of hydrogen-bond donors (Lipinski definition) is 1. The Balaban J connectivity index is 0.00000300. The van der Waals surface area contributed by atoms with Crippen molar-refractivity contribution in [3.63, 3.8) is 0 Å². The smallest absolute Gasteiger partial charge is 0.410 e. The maximum Gasteiger partial charge on any atom is 0.410 e. The largest absolute Gasteiger partial charge is 0.496 e. The van der Waals surface area contributed by atoms with Gasteiger partial charge >= 0.3 is 6.09 Å². The van der Waals surface area contributed by atoms with Crippen LogP contribution in [0.25, 0.3) is 0 Å². The zero-order valence-corrected chi connectivity index (χ0v) is 20.4. The Bertz CT molecular complexity index is 778. The molecule has 2 aliphatic heterocycles. The predicted octanol–water partition coefficient (Wildman–Crippen LogP) is 2.71. The molecule has 8 nitrogen and oxygen atoms in total. The van der Waals surface area contributed by atoms with Gasteiger partial charge in [-0.15, -0.1) is 24.0 Å². The van der Waals surface area contributed by atoms with Gasteiger partial charge in [-0.2, -0.15) is 0 Å². The van der Waals surface area contributed by atoms with Crippen LogP contribution in [0.15, 0.2) is 11.2 Å². The van der Waals surface area contributed by atoms with Crippen molar-refractivity contribution in [1.29, 1.82) is 0 Å². The summed E-state index contributed by atoms with van der Waals surface area (Å²) >= 11 is 0. The molecule has 1 fully saturated rings. The first-order chi connectivity index (χ1) is 13.2. The van der Waals surface area contributed by atoms with E-state index in [2.05, 4.69) is 20.2 Å². The first-order valence-electron chi connectivity index (χ1n) is 9.71. The summed E-state index contributed by atoms with van der Waals surface area (Å²) in [6.07, 6.45) is 1.59. The second kappa shape index (κ2) is 9.36. The van der Waals surface area contributed by atoms with Gasteiger partial charge < -0.3 is 24.6 Å². The molecule has 1 saturated heterocycles. The number of halogens is 1. The summed E-state index contributed by atoms with van der Waals surface area (Å²) in [5.41, 5.74) is 2.54. The SMILES string of the molecule is COc1c(C)cnc(CNC2=NCC3CN(C(=O)OC(C)(C)C)CCN23)c1C.I. The van der Waals surface area contributed by atoms with Gasteiger partial charge in [0, 0.05) is 37.0 Å². The van der Waals surface area contributed by atoms with Gasteiger partial charge in [0.05, 0.1) is 31.9 Å². The maximum absolute atomic E-state index is 12.3. The Labute approximate surface area is 190 Å². The van der Waals surface area contributed by atoms with Crippen LogP contribution in [0, 0.1) is 13.8 Å². The predicted molar refractivity (Wildman–Crippen MR) is 123 cm³/mol. The summed E-state index contributed by atoms with van der Waals surface area (Å²) in [5.74, 6) is 1.75. The minimum Gasteiger partial charge on any atom is -0.496 e. The van der Waals surface area contributed by atoms with E-state index in [1.165, 1.54) is 0 Å². The van der Waals surface area contributed by atoms with E-state index in [4.69, 9.17) is 9.47 Å². The number of ether oxygens (including phenoxy) is 2. The number of rotatable bonds is 3. The molecule has 0 saturated carbocycles. The van der Waals surface area contributed by atoms with Crippen LogP contribution in [0.1, 0.15) is 37.6 Å². The third kappa shape index (κ3) is 5.43. The average molecular weight is 517 g/mol. The molecule has 29 heavy (non-hydrogen) atoms. The van der Waals surface area contributed by atoms with E-state index in [9.17, 15) is 4.79 Å². The van der Waals surface area contributed by atoms with Crippen LogP contribution in [0.3, 0.4) is 0 Å². The number of aromatic nitrogens is 1. The second-order valence-electron chi connectivity index (χ2n) is 8.34. The van der Waals surface area contributed by atoms with Gasteiger partial charge in [-0.25, -0.2) is 4.79 Å². The molecule has 3 rings (SSSR count). The molecule has 1 atom stereocenters. The zero-order valence-electron chi connectivity index (χ0n) is 18.1. The number of nitrogens with zero attached hydrogens (tertiary/aromatic N) is 4. The van der Waals surface area contributed by atoms with Gasteiger partial charge in [0.1, 0.15) is 11.4 Å². The van der Waals surface area contributed by atoms with Crippen molar-refractivity contribution >= 4 is 36.0 Å². The number of carbonyl (C=O) groups excluding carboxylic acids is 1. The summed E-state index contributed by atoms with van der Waals surface area (Å²) < 4.78 is 11.0. The highest BCUT2D eigenvalue weighted by Crippen LogP contribution is 2.24. The lowest BCUT2D eigenvalue weighted by Crippen LogP contribution is -2.57. The molecule has 0 radical (unpaired) electrons. The fourth-order valence-electron chi connectivity index (χ4n) is 3.63. The number of piperazine rings is 1. The molecule has 1 aromatic rings. The van der Waals surface area contributed by atoms with Crippen molar-refractivity contribution < 1.29 is 14.3 Å². The molecule has 0 aromatic carbocycles. The summed E-state index contributed by atoms with van der Waals surface area (Å²) in [5, 5.41) is 3.41. The molecular weight excluding hydrogens is 485 g/mol. The number of hydrogen-bond acceptors (Lipinski definition) is 7. The number of aryl methyl sites for hydroxylation is 1. The maximum atomic E-state index is 12.3. The monoisotopic (exact) mass is 517 g/mol. The Morgan fingerprint density at radius 1 is 1.31 bits per heavy atom. The molecule has 1 aromatic heterocycles. The number of nitrogens with one attached hydrogen (secondary N) is 1. The lowest BCUT2D eigenvalue weighted by atomic mass is 10.1. The summed E-state index contributed by atoms with van der Waals surface area (Å²) in [4.78, 5) is 25.5. The van der Waals surface area contributed by atoms with E-state index in [0.29, 0.717) is 26.2 Å². The topological polar surface area (TPSA) is 79.3 Å². The third-order valence-corrected chi connectivity index (χ3v) is 5.02. The number of methoxy groups -OCH3 is 1. The minimum absolute atomic E-state index is 0. The highest BCUT2D eigenvalue weighted by Gasteiger charge is 2.36. The molecule has 3 heterocycles. The lowest BCUT2D eigenvalue weighted by molar-refractivity contribution is 0.0137. The molecular formula is C20H32IN5O3. The fraction of sp³-hybridized carbons (Fsp3) is 0.650. The average Bonchev–Trinajstić information content (AvgIpc) is 3.02. The minimum atomic E-state index is -0.479. The quantitative estimate of drug-likeness (QED) is 0.622. The summed E-state index contributed by atoms with van der Waals surface area (Å²) in [7, 11) is 1.68. The van der Waals surface area contributed by atoms with Gasteiger partial charge in [0.2, 0.25) is 0 Å². The van der Waals surface area contributed by atoms with Gasteiger partial charge in [-0.1, -0.05) is 0 Å². The number of guanidine groups is 1. The van der Waals surface area contributed by atoms with Crippen LogP contribution in [0.2, 0.25) is 0 Å². The van der Waals surface area contributed by atoms with Crippen molar-refractivity contribution in [2.24, 2.45) is 4.99 Å². The lowest BCUT2D eigenvalue weighted by Gasteiger charge is -2.39.